The number of hydrogen-bond donors (Lipinski definition) is 2. The average molecular weight is 335 g/mol. The summed E-state index contributed by atoms with van der Waals surface area (Å²) < 4.78 is 5.29. The van der Waals surface area contributed by atoms with Crippen LogP contribution in [0.4, 0.5) is 4.79 Å². The van der Waals surface area contributed by atoms with Gasteiger partial charge in [-0.05, 0) is 50.9 Å². The molecule has 3 amide bonds. The molecule has 7 heteroatoms. The zero-order valence-corrected chi connectivity index (χ0v) is 14.2. The summed E-state index contributed by atoms with van der Waals surface area (Å²) in [5.41, 5.74) is -1.21. The van der Waals surface area contributed by atoms with Gasteiger partial charge >= 0.3 is 6.03 Å². The van der Waals surface area contributed by atoms with E-state index in [0.717, 1.165) is 36.7 Å². The maximum Gasteiger partial charge on any atom is 0.325 e. The molecular weight excluding hydrogens is 310 g/mol. The van der Waals surface area contributed by atoms with E-state index in [1.54, 1.807) is 19.1 Å². The summed E-state index contributed by atoms with van der Waals surface area (Å²) in [4.78, 5) is 28.1. The van der Waals surface area contributed by atoms with E-state index in [1.165, 1.54) is 6.26 Å². The third-order valence-electron chi connectivity index (χ3n) is 5.03. The lowest BCUT2D eigenvalue weighted by Crippen LogP contribution is -2.45. The summed E-state index contributed by atoms with van der Waals surface area (Å²) in [5, 5.41) is 13.0. The van der Waals surface area contributed by atoms with E-state index in [0.29, 0.717) is 12.3 Å². The van der Waals surface area contributed by atoms with Crippen molar-refractivity contribution in [2.75, 3.05) is 26.2 Å². The Morgan fingerprint density at radius 3 is 2.71 bits per heavy atom. The Hall–Kier alpha value is -1.86. The predicted octanol–water partition coefficient (Wildman–Crippen LogP) is 1.14. The van der Waals surface area contributed by atoms with Crippen LogP contribution < -0.4 is 5.32 Å². The summed E-state index contributed by atoms with van der Waals surface area (Å²) in [6.45, 7) is 6.21. The second kappa shape index (κ2) is 6.57. The van der Waals surface area contributed by atoms with Crippen molar-refractivity contribution in [1.29, 1.82) is 0 Å². The maximum absolute atomic E-state index is 12.7. The van der Waals surface area contributed by atoms with Crippen molar-refractivity contribution in [3.63, 3.8) is 0 Å². The minimum Gasteiger partial charge on any atom is -0.466 e. The van der Waals surface area contributed by atoms with E-state index in [9.17, 15) is 14.7 Å². The number of likely N-dealkylation sites (tertiary alicyclic amines) is 1. The number of rotatable bonds is 5. The van der Waals surface area contributed by atoms with Crippen LogP contribution in [0.2, 0.25) is 0 Å². The van der Waals surface area contributed by atoms with Gasteiger partial charge in [-0.3, -0.25) is 9.69 Å². The van der Waals surface area contributed by atoms with E-state index >= 15 is 0 Å². The second-order valence-corrected chi connectivity index (χ2v) is 7.09. The molecule has 0 radical (unpaired) electrons. The monoisotopic (exact) mass is 335 g/mol. The van der Waals surface area contributed by atoms with E-state index < -0.39 is 23.6 Å². The fourth-order valence-corrected chi connectivity index (χ4v) is 3.40. The lowest BCUT2D eigenvalue weighted by molar-refractivity contribution is -0.132. The highest BCUT2D eigenvalue weighted by Gasteiger charge is 2.51. The highest BCUT2D eigenvalue weighted by atomic mass is 16.3. The molecule has 2 fully saturated rings. The predicted molar refractivity (Wildman–Crippen MR) is 87.1 cm³/mol. The molecule has 2 saturated heterocycles. The number of β-amino-alcohol motifs (C(OH)–C–C–N with tert-alkyl or cyclic N) is 1. The van der Waals surface area contributed by atoms with Gasteiger partial charge in [0.05, 0.1) is 18.9 Å². The molecule has 2 aliphatic rings. The summed E-state index contributed by atoms with van der Waals surface area (Å²) in [6.07, 6.45) is 2.94. The number of piperidine rings is 1. The number of hydrogen-bond acceptors (Lipinski definition) is 5. The molecule has 3 heterocycles. The molecule has 2 aliphatic heterocycles. The van der Waals surface area contributed by atoms with Crippen LogP contribution in [0.3, 0.4) is 0 Å². The van der Waals surface area contributed by atoms with E-state index in [4.69, 9.17) is 4.42 Å². The Morgan fingerprint density at radius 2 is 2.08 bits per heavy atom. The Balaban J connectivity index is 1.60. The molecule has 132 valence electrons. The first-order valence-corrected chi connectivity index (χ1v) is 8.48. The van der Waals surface area contributed by atoms with Crippen LogP contribution in [0.15, 0.2) is 22.8 Å². The summed E-state index contributed by atoms with van der Waals surface area (Å²) >= 11 is 0. The standard InChI is InChI=1S/C17H25N3O4/c1-12-5-7-19(8-6-12)10-13(21)11-20-15(22)17(2,18-16(20)23)14-4-3-9-24-14/h3-4,9,12-13,21H,5-8,10-11H2,1-2H3,(H,18,23). The molecular formula is C17H25N3O4. The topological polar surface area (TPSA) is 86.0 Å². The highest BCUT2D eigenvalue weighted by molar-refractivity contribution is 6.06. The molecule has 1 aromatic heterocycles. The number of imide groups is 1. The van der Waals surface area contributed by atoms with Crippen LogP contribution in [0.5, 0.6) is 0 Å². The molecule has 3 rings (SSSR count). The fraction of sp³-hybridized carbons (Fsp3) is 0.647. The zero-order valence-electron chi connectivity index (χ0n) is 14.2. The van der Waals surface area contributed by atoms with Gasteiger partial charge in [-0.15, -0.1) is 0 Å². The largest absolute Gasteiger partial charge is 0.466 e. The molecule has 2 unspecified atom stereocenters. The molecule has 1 aromatic rings. The van der Waals surface area contributed by atoms with Crippen LogP contribution in [-0.4, -0.2) is 59.1 Å². The van der Waals surface area contributed by atoms with Gasteiger partial charge < -0.3 is 19.7 Å². The van der Waals surface area contributed by atoms with Gasteiger partial charge in [0.2, 0.25) is 0 Å². The number of carbonyl (C=O) groups is 2. The number of urea groups is 1. The van der Waals surface area contributed by atoms with Crippen LogP contribution in [0.1, 0.15) is 32.4 Å². The normalized spacial score (nSPS) is 27.5. The first-order valence-electron chi connectivity index (χ1n) is 8.48. The van der Waals surface area contributed by atoms with Crippen molar-refractivity contribution in [3.05, 3.63) is 24.2 Å². The molecule has 0 saturated carbocycles. The molecule has 2 N–H and O–H groups in total. The number of carbonyl (C=O) groups excluding carboxylic acids is 2. The van der Waals surface area contributed by atoms with Crippen molar-refractivity contribution in [3.8, 4) is 0 Å². The van der Waals surface area contributed by atoms with Crippen LogP contribution in [0.25, 0.3) is 0 Å². The van der Waals surface area contributed by atoms with Crippen molar-refractivity contribution < 1.29 is 19.1 Å². The van der Waals surface area contributed by atoms with Crippen LogP contribution >= 0.6 is 0 Å². The lowest BCUT2D eigenvalue weighted by Gasteiger charge is -2.32. The quantitative estimate of drug-likeness (QED) is 0.788. The zero-order chi connectivity index (χ0) is 17.3. The number of nitrogens with one attached hydrogen (secondary N) is 1. The van der Waals surface area contributed by atoms with Crippen molar-refractivity contribution in [1.82, 2.24) is 15.1 Å². The summed E-state index contributed by atoms with van der Waals surface area (Å²) in [6, 6.07) is 2.84. The molecule has 0 bridgehead atoms. The third-order valence-corrected chi connectivity index (χ3v) is 5.03. The number of amides is 3. The first-order chi connectivity index (χ1) is 11.4. The fourth-order valence-electron chi connectivity index (χ4n) is 3.40. The molecule has 24 heavy (non-hydrogen) atoms. The average Bonchev–Trinajstić information content (AvgIpc) is 3.14. The Morgan fingerprint density at radius 1 is 1.38 bits per heavy atom. The Bertz CT molecular complexity index is 595. The van der Waals surface area contributed by atoms with Gasteiger partial charge in [0.15, 0.2) is 5.54 Å². The molecule has 2 atom stereocenters. The lowest BCUT2D eigenvalue weighted by atomic mass is 9.98. The molecule has 7 nitrogen and oxygen atoms in total. The number of aliphatic hydroxyl groups excluding tert-OH is 1. The van der Waals surface area contributed by atoms with Crippen LogP contribution in [-0.2, 0) is 10.3 Å². The van der Waals surface area contributed by atoms with Crippen LogP contribution in [0, 0.1) is 5.92 Å². The highest BCUT2D eigenvalue weighted by Crippen LogP contribution is 2.29. The summed E-state index contributed by atoms with van der Waals surface area (Å²) in [7, 11) is 0. The molecule has 0 spiro atoms. The maximum atomic E-state index is 12.7. The number of furan rings is 1. The Kier molecular flexibility index (Phi) is 4.64. The van der Waals surface area contributed by atoms with Gasteiger partial charge in [0.25, 0.3) is 5.91 Å². The smallest absolute Gasteiger partial charge is 0.325 e. The van der Waals surface area contributed by atoms with Gasteiger partial charge in [-0.2, -0.15) is 0 Å². The van der Waals surface area contributed by atoms with Gasteiger partial charge in [0.1, 0.15) is 5.76 Å². The van der Waals surface area contributed by atoms with E-state index in [1.807, 2.05) is 0 Å². The van der Waals surface area contributed by atoms with E-state index in [2.05, 4.69) is 17.1 Å². The summed E-state index contributed by atoms with van der Waals surface area (Å²) in [5.74, 6) is 0.718. The number of nitrogens with zero attached hydrogens (tertiary/aromatic N) is 2. The van der Waals surface area contributed by atoms with Gasteiger partial charge in [0, 0.05) is 6.54 Å². The van der Waals surface area contributed by atoms with Crippen molar-refractivity contribution >= 4 is 11.9 Å². The molecule has 0 aromatic carbocycles. The van der Waals surface area contributed by atoms with Crippen molar-refractivity contribution in [2.45, 2.75) is 38.3 Å². The minimum absolute atomic E-state index is 0.00693. The SMILES string of the molecule is CC1CCN(CC(O)CN2C(=O)NC(C)(c3ccco3)C2=O)CC1. The number of aliphatic hydroxyl groups is 1. The van der Waals surface area contributed by atoms with Gasteiger partial charge in [-0.25, -0.2) is 4.79 Å². The molecule has 0 aliphatic carbocycles. The minimum atomic E-state index is -1.21. The Labute approximate surface area is 141 Å². The second-order valence-electron chi connectivity index (χ2n) is 7.09. The first kappa shape index (κ1) is 17.0. The van der Waals surface area contributed by atoms with Crippen molar-refractivity contribution in [2.24, 2.45) is 5.92 Å². The van der Waals surface area contributed by atoms with Gasteiger partial charge in [-0.1, -0.05) is 6.92 Å². The third kappa shape index (κ3) is 3.18. The van der Waals surface area contributed by atoms with E-state index in [-0.39, 0.29) is 6.54 Å².